The van der Waals surface area contributed by atoms with Crippen molar-refractivity contribution >= 4 is 5.82 Å². The van der Waals surface area contributed by atoms with Crippen LogP contribution >= 0.6 is 0 Å². The van der Waals surface area contributed by atoms with Crippen molar-refractivity contribution in [3.63, 3.8) is 0 Å². The van der Waals surface area contributed by atoms with Gasteiger partial charge in [0.05, 0.1) is 0 Å². The number of nitrogens with one attached hydrogen (secondary N) is 2. The fourth-order valence-electron chi connectivity index (χ4n) is 3.05. The van der Waals surface area contributed by atoms with Gasteiger partial charge in [0, 0.05) is 12.2 Å². The Bertz CT molecular complexity index is 348. The molecule has 2 fully saturated rings. The molecular weight excluding hydrogens is 198 g/mol. The number of hydrogen-bond acceptors (Lipinski definition) is 3. The van der Waals surface area contributed by atoms with Gasteiger partial charge in [0.1, 0.15) is 5.82 Å². The summed E-state index contributed by atoms with van der Waals surface area (Å²) in [6, 6.07) is 4.83. The van der Waals surface area contributed by atoms with Gasteiger partial charge in [-0.3, -0.25) is 0 Å². The van der Waals surface area contributed by atoms with E-state index in [4.69, 9.17) is 0 Å². The Morgan fingerprint density at radius 1 is 1.25 bits per heavy atom. The van der Waals surface area contributed by atoms with Crippen molar-refractivity contribution in [2.45, 2.75) is 25.8 Å². The van der Waals surface area contributed by atoms with Crippen LogP contribution in [0.15, 0.2) is 18.3 Å². The number of rotatable bonds is 2. The molecule has 1 aromatic heterocycles. The van der Waals surface area contributed by atoms with Crippen LogP contribution < -0.4 is 10.6 Å². The second kappa shape index (κ2) is 4.06. The third-order valence-corrected chi connectivity index (χ3v) is 3.92. The lowest BCUT2D eigenvalue weighted by Crippen LogP contribution is -2.20. The summed E-state index contributed by atoms with van der Waals surface area (Å²) in [7, 11) is 0. The molecule has 86 valence electrons. The monoisotopic (exact) mass is 217 g/mol. The van der Waals surface area contributed by atoms with E-state index in [9.17, 15) is 0 Å². The predicted molar refractivity (Wildman–Crippen MR) is 65.5 cm³/mol. The van der Waals surface area contributed by atoms with E-state index in [0.29, 0.717) is 6.04 Å². The first-order valence-corrected chi connectivity index (χ1v) is 6.21. The Hall–Kier alpha value is -1.09. The number of pyridine rings is 1. The van der Waals surface area contributed by atoms with E-state index in [1.54, 1.807) is 0 Å². The van der Waals surface area contributed by atoms with E-state index in [1.807, 2.05) is 6.20 Å². The van der Waals surface area contributed by atoms with Gasteiger partial charge in [0.25, 0.3) is 0 Å². The standard InChI is InChI=1S/C13H19N3/c1-9-2-3-13(15-6-9)16-12-4-10-7-14-8-11(10)5-12/h2-3,6,10-12,14H,4-5,7-8H2,1H3,(H,15,16)/t10-,11+,12?. The molecule has 3 heteroatoms. The second-order valence-corrected chi connectivity index (χ2v) is 5.21. The van der Waals surface area contributed by atoms with Crippen LogP contribution in [0.3, 0.4) is 0 Å². The predicted octanol–water partition coefficient (Wildman–Crippen LogP) is 1.80. The summed E-state index contributed by atoms with van der Waals surface area (Å²) in [6.45, 7) is 4.50. The molecule has 16 heavy (non-hydrogen) atoms. The number of aryl methyl sites for hydroxylation is 1. The lowest BCUT2D eigenvalue weighted by Gasteiger charge is -2.14. The topological polar surface area (TPSA) is 37.0 Å². The Labute approximate surface area is 96.7 Å². The molecule has 2 aliphatic rings. The minimum atomic E-state index is 0.632. The van der Waals surface area contributed by atoms with Crippen LogP contribution in [0, 0.1) is 18.8 Å². The molecular formula is C13H19N3. The number of fused-ring (bicyclic) bond motifs is 1. The SMILES string of the molecule is Cc1ccc(NC2C[C@H]3CNC[C@H]3C2)nc1. The average Bonchev–Trinajstić information content (AvgIpc) is 2.81. The first-order chi connectivity index (χ1) is 7.81. The van der Waals surface area contributed by atoms with Crippen LogP contribution in [-0.2, 0) is 0 Å². The molecule has 1 saturated carbocycles. The van der Waals surface area contributed by atoms with Gasteiger partial charge in [-0.2, -0.15) is 0 Å². The normalized spacial score (nSPS) is 32.7. The highest BCUT2D eigenvalue weighted by molar-refractivity contribution is 5.36. The van der Waals surface area contributed by atoms with Crippen LogP contribution in [0.5, 0.6) is 0 Å². The highest BCUT2D eigenvalue weighted by Gasteiger charge is 2.37. The molecule has 1 saturated heterocycles. The molecule has 3 rings (SSSR count). The maximum Gasteiger partial charge on any atom is 0.126 e. The molecule has 3 nitrogen and oxygen atoms in total. The Morgan fingerprint density at radius 3 is 2.62 bits per heavy atom. The largest absolute Gasteiger partial charge is 0.367 e. The number of anilines is 1. The summed E-state index contributed by atoms with van der Waals surface area (Å²) >= 11 is 0. The molecule has 2 N–H and O–H groups in total. The zero-order valence-corrected chi connectivity index (χ0v) is 9.74. The molecule has 1 aromatic rings. The first kappa shape index (κ1) is 10.1. The summed E-state index contributed by atoms with van der Waals surface area (Å²) in [5, 5.41) is 7.03. The van der Waals surface area contributed by atoms with Crippen molar-refractivity contribution < 1.29 is 0 Å². The molecule has 0 aromatic carbocycles. The lowest BCUT2D eigenvalue weighted by atomic mass is 10.0. The van der Waals surface area contributed by atoms with Crippen LogP contribution in [0.25, 0.3) is 0 Å². The van der Waals surface area contributed by atoms with Crippen LogP contribution in [0.4, 0.5) is 5.82 Å². The minimum absolute atomic E-state index is 0.632. The van der Waals surface area contributed by atoms with Crippen molar-refractivity contribution in [1.82, 2.24) is 10.3 Å². The van der Waals surface area contributed by atoms with Gasteiger partial charge in [-0.15, -0.1) is 0 Å². The maximum absolute atomic E-state index is 4.41. The summed E-state index contributed by atoms with van der Waals surface area (Å²) in [5.41, 5.74) is 1.22. The van der Waals surface area contributed by atoms with E-state index in [0.717, 1.165) is 17.7 Å². The van der Waals surface area contributed by atoms with Gasteiger partial charge in [0.15, 0.2) is 0 Å². The Kier molecular flexibility index (Phi) is 2.56. The minimum Gasteiger partial charge on any atom is -0.367 e. The Balaban J connectivity index is 1.62. The van der Waals surface area contributed by atoms with E-state index < -0.39 is 0 Å². The lowest BCUT2D eigenvalue weighted by molar-refractivity contribution is 0.494. The summed E-state index contributed by atoms with van der Waals surface area (Å²) in [5.74, 6) is 2.81. The zero-order valence-electron chi connectivity index (χ0n) is 9.74. The smallest absolute Gasteiger partial charge is 0.126 e. The number of hydrogen-bond donors (Lipinski definition) is 2. The summed E-state index contributed by atoms with van der Waals surface area (Å²) in [4.78, 5) is 4.41. The molecule has 1 aliphatic heterocycles. The fourth-order valence-corrected chi connectivity index (χ4v) is 3.05. The molecule has 0 spiro atoms. The van der Waals surface area contributed by atoms with Crippen LogP contribution in [0.2, 0.25) is 0 Å². The van der Waals surface area contributed by atoms with Gasteiger partial charge in [-0.1, -0.05) is 6.07 Å². The maximum atomic E-state index is 4.41. The molecule has 0 amide bonds. The summed E-state index contributed by atoms with van der Waals surface area (Å²) in [6.07, 6.45) is 4.53. The molecule has 0 bridgehead atoms. The first-order valence-electron chi connectivity index (χ1n) is 6.21. The molecule has 2 heterocycles. The van der Waals surface area contributed by atoms with E-state index >= 15 is 0 Å². The molecule has 0 radical (unpaired) electrons. The van der Waals surface area contributed by atoms with Crippen LogP contribution in [0.1, 0.15) is 18.4 Å². The quantitative estimate of drug-likeness (QED) is 0.793. The molecule has 1 aliphatic carbocycles. The van der Waals surface area contributed by atoms with E-state index in [1.165, 1.54) is 31.5 Å². The fraction of sp³-hybridized carbons (Fsp3) is 0.615. The van der Waals surface area contributed by atoms with Gasteiger partial charge in [-0.25, -0.2) is 4.98 Å². The van der Waals surface area contributed by atoms with E-state index in [-0.39, 0.29) is 0 Å². The van der Waals surface area contributed by atoms with Crippen molar-refractivity contribution in [3.8, 4) is 0 Å². The van der Waals surface area contributed by atoms with Gasteiger partial charge in [0.2, 0.25) is 0 Å². The van der Waals surface area contributed by atoms with Crippen molar-refractivity contribution in [2.24, 2.45) is 11.8 Å². The summed E-state index contributed by atoms with van der Waals surface area (Å²) < 4.78 is 0. The van der Waals surface area contributed by atoms with Gasteiger partial charge >= 0.3 is 0 Å². The molecule has 3 atom stereocenters. The van der Waals surface area contributed by atoms with Crippen molar-refractivity contribution in [3.05, 3.63) is 23.9 Å². The van der Waals surface area contributed by atoms with E-state index in [2.05, 4.69) is 34.7 Å². The highest BCUT2D eigenvalue weighted by atomic mass is 15.0. The zero-order chi connectivity index (χ0) is 11.0. The highest BCUT2D eigenvalue weighted by Crippen LogP contribution is 2.35. The third-order valence-electron chi connectivity index (χ3n) is 3.92. The van der Waals surface area contributed by atoms with Gasteiger partial charge in [-0.05, 0) is 56.3 Å². The third kappa shape index (κ3) is 1.92. The number of aromatic nitrogens is 1. The van der Waals surface area contributed by atoms with Crippen LogP contribution in [-0.4, -0.2) is 24.1 Å². The van der Waals surface area contributed by atoms with Crippen molar-refractivity contribution in [1.29, 1.82) is 0 Å². The Morgan fingerprint density at radius 2 is 2.00 bits per heavy atom. The number of nitrogens with zero attached hydrogens (tertiary/aromatic N) is 1. The van der Waals surface area contributed by atoms with Crippen molar-refractivity contribution in [2.75, 3.05) is 18.4 Å². The second-order valence-electron chi connectivity index (χ2n) is 5.21. The molecule has 1 unspecified atom stereocenters. The average molecular weight is 217 g/mol. The van der Waals surface area contributed by atoms with Gasteiger partial charge < -0.3 is 10.6 Å².